The van der Waals surface area contributed by atoms with Gasteiger partial charge in [0.05, 0.1) is 6.04 Å². The van der Waals surface area contributed by atoms with Crippen LogP contribution in [0.25, 0.3) is 0 Å². The van der Waals surface area contributed by atoms with E-state index in [0.717, 1.165) is 38.3 Å². The predicted octanol–water partition coefficient (Wildman–Crippen LogP) is 2.26. The Morgan fingerprint density at radius 3 is 2.57 bits per heavy atom. The molecule has 0 aromatic carbocycles. The highest BCUT2D eigenvalue weighted by Crippen LogP contribution is 2.19. The van der Waals surface area contributed by atoms with Gasteiger partial charge in [-0.3, -0.25) is 0 Å². The van der Waals surface area contributed by atoms with Gasteiger partial charge >= 0.3 is 6.03 Å². The average Bonchev–Trinajstić information content (AvgIpc) is 2.89. The van der Waals surface area contributed by atoms with Gasteiger partial charge in [0.1, 0.15) is 5.82 Å². The summed E-state index contributed by atoms with van der Waals surface area (Å²) >= 11 is 0. The van der Waals surface area contributed by atoms with E-state index in [1.54, 1.807) is 6.20 Å². The van der Waals surface area contributed by atoms with E-state index < -0.39 is 0 Å². The molecular weight excluding hydrogens is 337 g/mol. The van der Waals surface area contributed by atoms with Crippen LogP contribution in [-0.2, 0) is 7.05 Å². The van der Waals surface area contributed by atoms with Gasteiger partial charge in [0.2, 0.25) is 0 Å². The average molecular weight is 366 g/mol. The third kappa shape index (κ3) is 6.57. The second-order valence-corrected chi connectivity index (χ2v) is 6.17. The van der Waals surface area contributed by atoms with Gasteiger partial charge in [0, 0.05) is 26.0 Å². The van der Waals surface area contributed by atoms with Crippen molar-refractivity contribution < 1.29 is 4.79 Å². The van der Waals surface area contributed by atoms with Crippen molar-refractivity contribution >= 4 is 30.8 Å². The molecule has 6 nitrogen and oxygen atoms in total. The van der Waals surface area contributed by atoms with Gasteiger partial charge in [-0.25, -0.2) is 9.78 Å². The lowest BCUT2D eigenvalue weighted by Gasteiger charge is -2.25. The van der Waals surface area contributed by atoms with Crippen molar-refractivity contribution in [2.75, 3.05) is 19.6 Å². The SMILES string of the molecule is CC(C)C(NC(=O)NCC1CCNCC1)c1nccn1C.Cl.Cl. The van der Waals surface area contributed by atoms with E-state index in [0.29, 0.717) is 5.92 Å². The second-order valence-electron chi connectivity index (χ2n) is 6.17. The smallest absolute Gasteiger partial charge is 0.315 e. The summed E-state index contributed by atoms with van der Waals surface area (Å²) in [6.07, 6.45) is 5.93. The molecule has 2 amide bonds. The van der Waals surface area contributed by atoms with Crippen molar-refractivity contribution in [3.8, 4) is 0 Å². The maximum absolute atomic E-state index is 12.1. The van der Waals surface area contributed by atoms with E-state index in [1.165, 1.54) is 0 Å². The molecule has 0 bridgehead atoms. The number of aryl methyl sites for hydroxylation is 1. The number of nitrogens with one attached hydrogen (secondary N) is 3. The van der Waals surface area contributed by atoms with E-state index in [-0.39, 0.29) is 42.8 Å². The van der Waals surface area contributed by atoms with Crippen LogP contribution in [0.1, 0.15) is 38.6 Å². The molecule has 3 N–H and O–H groups in total. The molecule has 1 saturated heterocycles. The fourth-order valence-electron chi connectivity index (χ4n) is 2.72. The Morgan fingerprint density at radius 2 is 2.04 bits per heavy atom. The van der Waals surface area contributed by atoms with Crippen molar-refractivity contribution in [2.45, 2.75) is 32.7 Å². The third-order valence-corrected chi connectivity index (χ3v) is 4.10. The largest absolute Gasteiger partial charge is 0.338 e. The first-order valence-corrected chi connectivity index (χ1v) is 7.80. The Balaban J connectivity index is 0.00000242. The number of imidazole rings is 1. The van der Waals surface area contributed by atoms with Crippen molar-refractivity contribution in [3.63, 3.8) is 0 Å². The van der Waals surface area contributed by atoms with Gasteiger partial charge in [-0.05, 0) is 37.8 Å². The number of nitrogens with zero attached hydrogens (tertiary/aromatic N) is 2. The molecule has 0 saturated carbocycles. The zero-order valence-electron chi connectivity index (χ0n) is 14.0. The Hall–Kier alpha value is -0.980. The van der Waals surface area contributed by atoms with Crippen LogP contribution in [0.5, 0.6) is 0 Å². The molecule has 1 aliphatic heterocycles. The van der Waals surface area contributed by atoms with Crippen LogP contribution in [0.3, 0.4) is 0 Å². The minimum absolute atomic E-state index is 0. The summed E-state index contributed by atoms with van der Waals surface area (Å²) in [4.78, 5) is 16.5. The quantitative estimate of drug-likeness (QED) is 0.749. The standard InChI is InChI=1S/C15H27N5O.2ClH/c1-11(2)13(14-17-8-9-20(14)3)19-15(21)18-10-12-4-6-16-7-5-12;;/h8-9,11-13,16H,4-7,10H2,1-3H3,(H2,18,19,21);2*1H. The van der Waals surface area contributed by atoms with Crippen LogP contribution in [-0.4, -0.2) is 35.2 Å². The fraction of sp³-hybridized carbons (Fsp3) is 0.733. The Kier molecular flexibility index (Phi) is 10.3. The Morgan fingerprint density at radius 1 is 1.39 bits per heavy atom. The first kappa shape index (κ1) is 22.0. The molecule has 1 aromatic rings. The van der Waals surface area contributed by atoms with Crippen molar-refractivity contribution in [1.82, 2.24) is 25.5 Å². The molecule has 23 heavy (non-hydrogen) atoms. The highest BCUT2D eigenvalue weighted by Gasteiger charge is 2.22. The maximum atomic E-state index is 12.1. The van der Waals surface area contributed by atoms with Crippen molar-refractivity contribution in [3.05, 3.63) is 18.2 Å². The number of amides is 2. The fourth-order valence-corrected chi connectivity index (χ4v) is 2.72. The normalized spacial score (nSPS) is 16.2. The highest BCUT2D eigenvalue weighted by molar-refractivity contribution is 5.85. The maximum Gasteiger partial charge on any atom is 0.315 e. The van der Waals surface area contributed by atoms with Crippen LogP contribution in [0.2, 0.25) is 0 Å². The Labute approximate surface area is 151 Å². The lowest BCUT2D eigenvalue weighted by molar-refractivity contribution is 0.228. The monoisotopic (exact) mass is 365 g/mol. The van der Waals surface area contributed by atoms with Gasteiger partial charge in [0.15, 0.2) is 0 Å². The summed E-state index contributed by atoms with van der Waals surface area (Å²) < 4.78 is 1.96. The minimum Gasteiger partial charge on any atom is -0.338 e. The van der Waals surface area contributed by atoms with Crippen molar-refractivity contribution in [1.29, 1.82) is 0 Å². The second kappa shape index (κ2) is 10.7. The van der Waals surface area contributed by atoms with E-state index in [4.69, 9.17) is 0 Å². The van der Waals surface area contributed by atoms with Gasteiger partial charge < -0.3 is 20.5 Å². The van der Waals surface area contributed by atoms with Crippen molar-refractivity contribution in [2.24, 2.45) is 18.9 Å². The summed E-state index contributed by atoms with van der Waals surface area (Å²) in [7, 11) is 1.95. The van der Waals surface area contributed by atoms with Gasteiger partial charge in [-0.15, -0.1) is 24.8 Å². The van der Waals surface area contributed by atoms with Crippen LogP contribution in [0, 0.1) is 11.8 Å². The Bertz CT molecular complexity index is 460. The molecule has 0 radical (unpaired) electrons. The summed E-state index contributed by atoms with van der Waals surface area (Å²) in [6.45, 7) is 7.03. The molecule has 1 aliphatic rings. The summed E-state index contributed by atoms with van der Waals surface area (Å²) in [6, 6.07) is -0.173. The molecule has 1 atom stereocenters. The van der Waals surface area contributed by atoms with E-state index in [1.807, 2.05) is 17.8 Å². The molecule has 0 spiro atoms. The molecule has 2 heterocycles. The molecule has 0 aliphatic carbocycles. The molecule has 134 valence electrons. The molecule has 8 heteroatoms. The first-order valence-electron chi connectivity index (χ1n) is 7.80. The van der Waals surface area contributed by atoms with Crippen LogP contribution in [0.15, 0.2) is 12.4 Å². The summed E-state index contributed by atoms with van der Waals surface area (Å²) in [5.41, 5.74) is 0. The van der Waals surface area contributed by atoms with Gasteiger partial charge in [0.25, 0.3) is 0 Å². The number of aromatic nitrogens is 2. The van der Waals surface area contributed by atoms with Gasteiger partial charge in [-0.2, -0.15) is 0 Å². The summed E-state index contributed by atoms with van der Waals surface area (Å²) in [5.74, 6) is 1.76. The lowest BCUT2D eigenvalue weighted by atomic mass is 9.98. The first-order chi connectivity index (χ1) is 10.1. The minimum atomic E-state index is -0.102. The molecular formula is C15H29Cl2N5O. The van der Waals surface area contributed by atoms with Crippen LogP contribution < -0.4 is 16.0 Å². The van der Waals surface area contributed by atoms with E-state index in [9.17, 15) is 4.79 Å². The lowest BCUT2D eigenvalue weighted by Crippen LogP contribution is -2.43. The predicted molar refractivity (Wildman–Crippen MR) is 97.4 cm³/mol. The molecule has 1 fully saturated rings. The number of hydrogen-bond acceptors (Lipinski definition) is 3. The highest BCUT2D eigenvalue weighted by atomic mass is 35.5. The molecule has 1 aromatic heterocycles. The molecule has 2 rings (SSSR count). The number of carbonyl (C=O) groups excluding carboxylic acids is 1. The van der Waals surface area contributed by atoms with E-state index in [2.05, 4.69) is 34.8 Å². The van der Waals surface area contributed by atoms with Crippen LogP contribution in [0.4, 0.5) is 4.79 Å². The number of halogens is 2. The zero-order chi connectivity index (χ0) is 15.2. The summed E-state index contributed by atoms with van der Waals surface area (Å²) in [5, 5.41) is 9.39. The number of urea groups is 1. The van der Waals surface area contributed by atoms with Crippen LogP contribution >= 0.6 is 24.8 Å². The topological polar surface area (TPSA) is 71.0 Å². The zero-order valence-corrected chi connectivity index (χ0v) is 15.7. The number of piperidine rings is 1. The third-order valence-electron chi connectivity index (χ3n) is 4.10. The van der Waals surface area contributed by atoms with E-state index >= 15 is 0 Å². The molecule has 1 unspecified atom stereocenters. The number of carbonyl (C=O) groups is 1. The number of rotatable bonds is 5. The van der Waals surface area contributed by atoms with Gasteiger partial charge in [-0.1, -0.05) is 13.8 Å². The number of hydrogen-bond donors (Lipinski definition) is 3.